The van der Waals surface area contributed by atoms with Gasteiger partial charge in [-0.3, -0.25) is 18.9 Å². The van der Waals surface area contributed by atoms with Gasteiger partial charge in [-0.15, -0.1) is 11.3 Å². The molecule has 0 spiro atoms. The fourth-order valence-electron chi connectivity index (χ4n) is 4.14. The van der Waals surface area contributed by atoms with E-state index in [4.69, 9.17) is 0 Å². The molecule has 0 unspecified atom stereocenters. The van der Waals surface area contributed by atoms with Crippen LogP contribution in [-0.4, -0.2) is 62.3 Å². The lowest BCUT2D eigenvalue weighted by atomic mass is 9.81. The molecule has 1 amide bonds. The fraction of sp³-hybridized carbons (Fsp3) is 0.562. The lowest BCUT2D eigenvalue weighted by molar-refractivity contribution is -0.149. The number of aliphatic carboxylic acids is 1. The molecule has 0 bridgehead atoms. The average Bonchev–Trinajstić information content (AvgIpc) is 3.24. The molecule has 2 aromatic rings. The molecule has 2 fully saturated rings. The molecule has 0 saturated carbocycles. The molecule has 24 heavy (non-hydrogen) atoms. The molecule has 2 aromatic heterocycles. The van der Waals surface area contributed by atoms with Crippen LogP contribution in [0.5, 0.6) is 0 Å². The third-order valence-corrected chi connectivity index (χ3v) is 6.20. The number of thiazole rings is 1. The Morgan fingerprint density at radius 2 is 2.29 bits per heavy atom. The summed E-state index contributed by atoms with van der Waals surface area (Å²) in [5, 5.41) is 11.8. The van der Waals surface area contributed by atoms with Gasteiger partial charge in [0.05, 0.1) is 17.3 Å². The van der Waals surface area contributed by atoms with E-state index in [1.807, 2.05) is 25.4 Å². The number of carboxylic acid groups (broad SMARTS) is 1. The standard InChI is InChI=1S/C16H20N4O3S/c1-3-19-9-16(14(22)23)8-18(6-11(16)13(19)21)7-12-10(2)17-15-20(12)4-5-24-15/h4-5,11H,3,6-9H2,1-2H3,(H,22,23)/t11-,16-/m0/s1. The predicted molar refractivity (Wildman–Crippen MR) is 88.9 cm³/mol. The molecule has 128 valence electrons. The van der Waals surface area contributed by atoms with Crippen molar-refractivity contribution in [2.45, 2.75) is 20.4 Å². The minimum absolute atomic E-state index is 0.0203. The zero-order chi connectivity index (χ0) is 17.1. The van der Waals surface area contributed by atoms with Crippen LogP contribution < -0.4 is 0 Å². The largest absolute Gasteiger partial charge is 0.481 e. The topological polar surface area (TPSA) is 78.2 Å². The van der Waals surface area contributed by atoms with Gasteiger partial charge in [-0.25, -0.2) is 4.98 Å². The van der Waals surface area contributed by atoms with Crippen molar-refractivity contribution < 1.29 is 14.7 Å². The monoisotopic (exact) mass is 348 g/mol. The number of aryl methyl sites for hydroxylation is 1. The third-order valence-electron chi connectivity index (χ3n) is 5.44. The summed E-state index contributed by atoms with van der Waals surface area (Å²) in [7, 11) is 0. The van der Waals surface area contributed by atoms with Gasteiger partial charge in [0.1, 0.15) is 5.41 Å². The normalized spacial score (nSPS) is 27.3. The van der Waals surface area contributed by atoms with E-state index in [1.165, 1.54) is 0 Å². The maximum atomic E-state index is 12.5. The Hall–Kier alpha value is -1.93. The number of carbonyl (C=O) groups is 2. The minimum atomic E-state index is -0.973. The lowest BCUT2D eigenvalue weighted by Gasteiger charge is -2.24. The molecular formula is C16H20N4O3S. The van der Waals surface area contributed by atoms with E-state index in [9.17, 15) is 14.7 Å². The summed E-state index contributed by atoms with van der Waals surface area (Å²) in [6.45, 7) is 6.29. The van der Waals surface area contributed by atoms with E-state index in [0.29, 0.717) is 32.7 Å². The van der Waals surface area contributed by atoms with Crippen LogP contribution in [0.25, 0.3) is 4.96 Å². The number of aromatic nitrogens is 2. The number of carboxylic acids is 1. The van der Waals surface area contributed by atoms with Crippen LogP contribution in [0, 0.1) is 18.3 Å². The van der Waals surface area contributed by atoms with Crippen molar-refractivity contribution in [2.75, 3.05) is 26.2 Å². The number of hydrogen-bond donors (Lipinski definition) is 1. The molecular weight excluding hydrogens is 328 g/mol. The van der Waals surface area contributed by atoms with E-state index in [0.717, 1.165) is 16.3 Å². The van der Waals surface area contributed by atoms with Gasteiger partial charge in [0.15, 0.2) is 4.96 Å². The Morgan fingerprint density at radius 1 is 1.50 bits per heavy atom. The molecule has 7 nitrogen and oxygen atoms in total. The molecule has 8 heteroatoms. The molecule has 4 heterocycles. The number of likely N-dealkylation sites (tertiary alicyclic amines) is 2. The summed E-state index contributed by atoms with van der Waals surface area (Å²) >= 11 is 1.58. The van der Waals surface area contributed by atoms with Crippen molar-refractivity contribution in [1.82, 2.24) is 19.2 Å². The minimum Gasteiger partial charge on any atom is -0.481 e. The highest BCUT2D eigenvalue weighted by molar-refractivity contribution is 7.15. The highest BCUT2D eigenvalue weighted by Crippen LogP contribution is 2.44. The highest BCUT2D eigenvalue weighted by atomic mass is 32.1. The van der Waals surface area contributed by atoms with Gasteiger partial charge in [0.2, 0.25) is 5.91 Å². The van der Waals surface area contributed by atoms with Crippen molar-refractivity contribution in [3.05, 3.63) is 23.0 Å². The van der Waals surface area contributed by atoms with Gasteiger partial charge in [0.25, 0.3) is 0 Å². The van der Waals surface area contributed by atoms with Crippen molar-refractivity contribution in [3.63, 3.8) is 0 Å². The molecule has 2 atom stereocenters. The Labute approximate surface area is 143 Å². The lowest BCUT2D eigenvalue weighted by Crippen LogP contribution is -2.40. The number of rotatable bonds is 4. The summed E-state index contributed by atoms with van der Waals surface area (Å²) in [6, 6.07) is 0. The van der Waals surface area contributed by atoms with Crippen LogP contribution in [0.4, 0.5) is 0 Å². The number of hydrogen-bond acceptors (Lipinski definition) is 5. The first-order valence-corrected chi connectivity index (χ1v) is 9.00. The van der Waals surface area contributed by atoms with E-state index >= 15 is 0 Å². The summed E-state index contributed by atoms with van der Waals surface area (Å²) in [4.78, 5) is 33.8. The molecule has 2 aliphatic heterocycles. The zero-order valence-corrected chi connectivity index (χ0v) is 14.5. The van der Waals surface area contributed by atoms with Gasteiger partial charge in [0, 0.05) is 44.3 Å². The zero-order valence-electron chi connectivity index (χ0n) is 13.7. The summed E-state index contributed by atoms with van der Waals surface area (Å²) in [5.41, 5.74) is 1.07. The van der Waals surface area contributed by atoms with Gasteiger partial charge < -0.3 is 10.0 Å². The van der Waals surface area contributed by atoms with E-state index in [2.05, 4.69) is 14.3 Å². The van der Waals surface area contributed by atoms with Crippen LogP contribution in [0.3, 0.4) is 0 Å². The van der Waals surface area contributed by atoms with E-state index < -0.39 is 17.3 Å². The first-order chi connectivity index (χ1) is 11.5. The van der Waals surface area contributed by atoms with E-state index in [1.54, 1.807) is 16.2 Å². The number of amides is 1. The van der Waals surface area contributed by atoms with Gasteiger partial charge >= 0.3 is 5.97 Å². The maximum absolute atomic E-state index is 12.5. The summed E-state index contributed by atoms with van der Waals surface area (Å²) in [6.07, 6.45) is 1.99. The average molecular weight is 348 g/mol. The van der Waals surface area contributed by atoms with Gasteiger partial charge in [-0.05, 0) is 13.8 Å². The predicted octanol–water partition coefficient (Wildman–Crippen LogP) is 1.07. The Bertz CT molecular complexity index is 829. The summed E-state index contributed by atoms with van der Waals surface area (Å²) in [5.74, 6) is -1.32. The molecule has 0 aromatic carbocycles. The Kier molecular flexibility index (Phi) is 3.43. The van der Waals surface area contributed by atoms with Gasteiger partial charge in [-0.1, -0.05) is 0 Å². The van der Waals surface area contributed by atoms with E-state index in [-0.39, 0.29) is 5.91 Å². The first-order valence-electron chi connectivity index (χ1n) is 8.12. The van der Waals surface area contributed by atoms with Crippen LogP contribution in [-0.2, 0) is 16.1 Å². The Balaban J connectivity index is 1.62. The van der Waals surface area contributed by atoms with Crippen molar-refractivity contribution in [1.29, 1.82) is 0 Å². The first kappa shape index (κ1) is 15.6. The quantitative estimate of drug-likeness (QED) is 0.894. The number of fused-ring (bicyclic) bond motifs is 2. The third kappa shape index (κ3) is 2.02. The van der Waals surface area contributed by atoms with Crippen molar-refractivity contribution >= 4 is 28.2 Å². The SMILES string of the molecule is CCN1C[C@@]2(C(=O)O)CN(Cc3c(C)nc4sccn34)C[C@H]2C1=O. The second-order valence-corrected chi connectivity index (χ2v) is 7.61. The molecule has 1 N–H and O–H groups in total. The van der Waals surface area contributed by atoms with Crippen LogP contribution in [0.15, 0.2) is 11.6 Å². The number of imidazole rings is 1. The smallest absolute Gasteiger partial charge is 0.313 e. The maximum Gasteiger partial charge on any atom is 0.313 e. The second-order valence-electron chi connectivity index (χ2n) is 6.74. The highest BCUT2D eigenvalue weighted by Gasteiger charge is 2.61. The van der Waals surface area contributed by atoms with Crippen molar-refractivity contribution in [3.8, 4) is 0 Å². The number of nitrogens with zero attached hydrogens (tertiary/aromatic N) is 4. The van der Waals surface area contributed by atoms with Crippen LogP contribution >= 0.6 is 11.3 Å². The second kappa shape index (κ2) is 5.29. The van der Waals surface area contributed by atoms with Crippen LogP contribution in [0.1, 0.15) is 18.3 Å². The molecule has 2 saturated heterocycles. The Morgan fingerprint density at radius 3 is 2.96 bits per heavy atom. The molecule has 4 rings (SSSR count). The molecule has 0 aliphatic carbocycles. The molecule has 2 aliphatic rings. The van der Waals surface area contributed by atoms with Gasteiger partial charge in [-0.2, -0.15) is 0 Å². The molecule has 0 radical (unpaired) electrons. The van der Waals surface area contributed by atoms with Crippen molar-refractivity contribution in [2.24, 2.45) is 11.3 Å². The van der Waals surface area contributed by atoms with Crippen LogP contribution in [0.2, 0.25) is 0 Å². The number of carbonyl (C=O) groups excluding carboxylic acids is 1. The summed E-state index contributed by atoms with van der Waals surface area (Å²) < 4.78 is 2.06. The fourth-order valence-corrected chi connectivity index (χ4v) is 4.91.